The van der Waals surface area contributed by atoms with Crippen LogP contribution >= 0.6 is 0 Å². The van der Waals surface area contributed by atoms with Crippen molar-refractivity contribution in [2.45, 2.75) is 68.5 Å². The summed E-state index contributed by atoms with van der Waals surface area (Å²) in [5, 5.41) is 12.1. The Bertz CT molecular complexity index is 906. The molecule has 0 unspecified atom stereocenters. The third-order valence-corrected chi connectivity index (χ3v) is 11.4. The summed E-state index contributed by atoms with van der Waals surface area (Å²) in [7, 11) is -2.39. The zero-order valence-electron chi connectivity index (χ0n) is 19.7. The van der Waals surface area contributed by atoms with Gasteiger partial charge in [0.15, 0.2) is 0 Å². The summed E-state index contributed by atoms with van der Waals surface area (Å²) in [6, 6.07) is 10.3. The van der Waals surface area contributed by atoms with E-state index in [-0.39, 0.29) is 23.9 Å². The van der Waals surface area contributed by atoms with Crippen molar-refractivity contribution >= 4 is 17.8 Å². The van der Waals surface area contributed by atoms with E-state index < -0.39 is 29.5 Å². The van der Waals surface area contributed by atoms with Crippen LogP contribution in [0.1, 0.15) is 26.2 Å². The molecule has 0 aliphatic heterocycles. The number of hydrogen-bond acceptors (Lipinski definition) is 5. The highest BCUT2D eigenvalue weighted by molar-refractivity contribution is 7.93. The first-order chi connectivity index (χ1) is 14.4. The Morgan fingerprint density at radius 3 is 2.55 bits per heavy atom. The van der Waals surface area contributed by atoms with Crippen molar-refractivity contribution in [3.8, 4) is 0 Å². The molecule has 1 N–H and O–H groups in total. The first-order valence-corrected chi connectivity index (χ1v) is 16.6. The van der Waals surface area contributed by atoms with Crippen molar-refractivity contribution in [2.75, 3.05) is 26.2 Å². The number of nitrogens with zero attached hydrogens (tertiary/aromatic N) is 1. The molecule has 174 valence electrons. The molecule has 0 heterocycles. The third kappa shape index (κ3) is 5.01. The van der Waals surface area contributed by atoms with Gasteiger partial charge < -0.3 is 14.6 Å². The van der Waals surface area contributed by atoms with Gasteiger partial charge in [0.05, 0.1) is 21.6 Å². The molecule has 7 heteroatoms. The average molecular weight is 466 g/mol. The van der Waals surface area contributed by atoms with E-state index in [1.807, 2.05) is 30.3 Å². The lowest BCUT2D eigenvalue weighted by molar-refractivity contribution is -0.236. The van der Waals surface area contributed by atoms with Crippen LogP contribution in [0.25, 0.3) is 0 Å². The lowest BCUT2D eigenvalue weighted by Gasteiger charge is -2.60. The van der Waals surface area contributed by atoms with Gasteiger partial charge in [-0.2, -0.15) is 0 Å². The normalized spacial score (nSPS) is 32.6. The van der Waals surface area contributed by atoms with Gasteiger partial charge in [0, 0.05) is 32.0 Å². The number of fused-ring (bicyclic) bond motifs is 3. The van der Waals surface area contributed by atoms with Gasteiger partial charge in [0.1, 0.15) is 12.4 Å². The van der Waals surface area contributed by atoms with Crippen LogP contribution in [0.5, 0.6) is 0 Å². The molecule has 3 saturated carbocycles. The van der Waals surface area contributed by atoms with E-state index in [1.165, 1.54) is 0 Å². The predicted octanol–water partition coefficient (Wildman–Crippen LogP) is 4.95. The number of aliphatic hydroxyl groups is 1. The Morgan fingerprint density at radius 2 is 1.97 bits per heavy atom. The molecule has 0 amide bonds. The Balaban J connectivity index is 1.85. The molecule has 0 spiro atoms. The van der Waals surface area contributed by atoms with Crippen LogP contribution in [-0.4, -0.2) is 55.3 Å². The monoisotopic (exact) mass is 465 g/mol. The molecule has 4 rings (SSSR count). The Hall–Kier alpha value is -0.993. The van der Waals surface area contributed by atoms with Gasteiger partial charge in [-0.25, -0.2) is 8.57 Å². The summed E-state index contributed by atoms with van der Waals surface area (Å²) in [5.41, 5.74) is -0.501. The highest BCUT2D eigenvalue weighted by atomic mass is 32.2. The van der Waals surface area contributed by atoms with Crippen LogP contribution in [0.3, 0.4) is 0 Å². The van der Waals surface area contributed by atoms with Gasteiger partial charge in [-0.3, -0.25) is 0 Å². The summed E-state index contributed by atoms with van der Waals surface area (Å²) in [6.07, 6.45) is 2.00. The Kier molecular flexibility index (Phi) is 7.23. The van der Waals surface area contributed by atoms with E-state index in [4.69, 9.17) is 9.47 Å². The van der Waals surface area contributed by atoms with Crippen molar-refractivity contribution < 1.29 is 18.8 Å². The second-order valence-corrected chi connectivity index (χ2v) is 18.6. The zero-order valence-corrected chi connectivity index (χ0v) is 21.5. The molecule has 2 bridgehead atoms. The fourth-order valence-corrected chi connectivity index (χ4v) is 7.93. The lowest BCUT2D eigenvalue weighted by Crippen LogP contribution is -2.67. The van der Waals surface area contributed by atoms with Gasteiger partial charge in [0.2, 0.25) is 0 Å². The Morgan fingerprint density at radius 1 is 1.29 bits per heavy atom. The Labute approximate surface area is 189 Å². The topological polar surface area (TPSA) is 68.1 Å². The van der Waals surface area contributed by atoms with Crippen molar-refractivity contribution in [1.82, 2.24) is 0 Å². The van der Waals surface area contributed by atoms with Crippen LogP contribution < -0.4 is 0 Å². The number of rotatable bonds is 9. The molecule has 3 aliphatic carbocycles. The SMILES string of the molecule is C=C1C[C@H]2CC[C@]1(C)[C@H](OCOCC[Si](C)(C)C)[C@]2(O)C[S@@](=O)(=NC)c1ccccc1. The second-order valence-electron chi connectivity index (χ2n) is 10.6. The number of benzene rings is 1. The molecule has 1 aromatic carbocycles. The van der Waals surface area contributed by atoms with Crippen molar-refractivity contribution in [2.24, 2.45) is 15.7 Å². The summed E-state index contributed by atoms with van der Waals surface area (Å²) >= 11 is 0. The summed E-state index contributed by atoms with van der Waals surface area (Å²) in [4.78, 5) is 0.654. The van der Waals surface area contributed by atoms with Gasteiger partial charge in [-0.1, -0.05) is 56.9 Å². The predicted molar refractivity (Wildman–Crippen MR) is 129 cm³/mol. The summed E-state index contributed by atoms with van der Waals surface area (Å²) < 4.78 is 30.3. The van der Waals surface area contributed by atoms with Crippen LogP contribution in [0, 0.1) is 11.3 Å². The fraction of sp³-hybridized carbons (Fsp3) is 0.667. The van der Waals surface area contributed by atoms with Gasteiger partial charge in [-0.15, -0.1) is 0 Å². The van der Waals surface area contributed by atoms with Crippen molar-refractivity contribution in [3.63, 3.8) is 0 Å². The lowest BCUT2D eigenvalue weighted by atomic mass is 9.52. The standard InChI is InChI=1S/C24H39NO4SSi/c1-19-16-20-12-13-23(19,2)22(29-18-28-14-15-31(4,5)6)24(20,26)17-30(27,25-3)21-10-8-7-9-11-21/h7-11,20,22,26H,1,12-18H2,2-6H3/t20-,22+,23+,24+,30+/m1/s1. The smallest absolute Gasteiger partial charge is 0.147 e. The van der Waals surface area contributed by atoms with Gasteiger partial charge >= 0.3 is 0 Å². The minimum absolute atomic E-state index is 0.0416. The highest BCUT2D eigenvalue weighted by Gasteiger charge is 2.62. The molecule has 5 nitrogen and oxygen atoms in total. The average Bonchev–Trinajstić information content (AvgIpc) is 2.71. The maximum absolute atomic E-state index is 13.9. The number of hydrogen-bond donors (Lipinski definition) is 1. The van der Waals surface area contributed by atoms with Crippen LogP contribution in [0.15, 0.2) is 51.7 Å². The molecule has 3 aliphatic rings. The first-order valence-electron chi connectivity index (χ1n) is 11.2. The molecule has 0 aromatic heterocycles. The largest absolute Gasteiger partial charge is 0.386 e. The first kappa shape index (κ1) is 24.6. The molecule has 31 heavy (non-hydrogen) atoms. The van der Waals surface area contributed by atoms with Crippen LogP contribution in [-0.2, 0) is 19.2 Å². The maximum Gasteiger partial charge on any atom is 0.147 e. The van der Waals surface area contributed by atoms with E-state index in [2.05, 4.69) is 37.5 Å². The fourth-order valence-electron chi connectivity index (χ4n) is 5.07. The van der Waals surface area contributed by atoms with E-state index in [0.717, 1.165) is 30.9 Å². The quantitative estimate of drug-likeness (QED) is 0.242. The van der Waals surface area contributed by atoms with Crippen molar-refractivity contribution in [3.05, 3.63) is 42.5 Å². The molecule has 0 saturated heterocycles. The summed E-state index contributed by atoms with van der Waals surface area (Å²) in [5.74, 6) is 0.0215. The molecular weight excluding hydrogens is 426 g/mol. The van der Waals surface area contributed by atoms with Crippen LogP contribution in [0.4, 0.5) is 0 Å². The minimum atomic E-state index is -2.79. The number of ether oxygens (including phenoxy) is 2. The molecular formula is C24H39NO4SSi. The van der Waals surface area contributed by atoms with Gasteiger partial charge in [0.25, 0.3) is 0 Å². The molecule has 5 atom stereocenters. The zero-order chi connectivity index (χ0) is 22.9. The highest BCUT2D eigenvalue weighted by Crippen LogP contribution is 2.58. The molecule has 0 radical (unpaired) electrons. The van der Waals surface area contributed by atoms with Gasteiger partial charge in [-0.05, 0) is 43.4 Å². The van der Waals surface area contributed by atoms with Crippen molar-refractivity contribution in [1.29, 1.82) is 0 Å². The van der Waals surface area contributed by atoms with E-state index in [1.54, 1.807) is 7.05 Å². The van der Waals surface area contributed by atoms with E-state index in [9.17, 15) is 9.32 Å². The summed E-state index contributed by atoms with van der Waals surface area (Å²) in [6.45, 7) is 14.2. The molecule has 3 fully saturated rings. The second kappa shape index (κ2) is 9.10. The molecule has 1 aromatic rings. The van der Waals surface area contributed by atoms with E-state index in [0.29, 0.717) is 11.5 Å². The third-order valence-electron chi connectivity index (χ3n) is 7.20. The maximum atomic E-state index is 13.9. The van der Waals surface area contributed by atoms with Crippen LogP contribution in [0.2, 0.25) is 25.7 Å². The van der Waals surface area contributed by atoms with E-state index >= 15 is 0 Å². The minimum Gasteiger partial charge on any atom is -0.386 e.